The molecule has 0 aliphatic heterocycles. The Morgan fingerprint density at radius 1 is 1.67 bits per heavy atom. The maximum Gasteiger partial charge on any atom is 0.107 e. The first kappa shape index (κ1) is 13.4. The summed E-state index contributed by atoms with van der Waals surface area (Å²) in [5, 5.41) is 11.9. The van der Waals surface area contributed by atoms with Gasteiger partial charge < -0.3 is 16.2 Å². The number of hydrogen-bond donors (Lipinski definition) is 3. The Bertz CT molecular complexity index is 289. The molecule has 4 N–H and O–H groups in total. The molecule has 15 heavy (non-hydrogen) atoms. The molecule has 0 saturated carbocycles. The number of thiophene rings is 1. The van der Waals surface area contributed by atoms with Crippen molar-refractivity contribution in [2.75, 3.05) is 19.7 Å². The van der Waals surface area contributed by atoms with Gasteiger partial charge in [-0.2, -0.15) is 0 Å². The fourth-order valence-corrected chi connectivity index (χ4v) is 3.02. The Kier molecular flexibility index (Phi) is 6.11. The molecule has 1 rings (SSSR count). The van der Waals surface area contributed by atoms with Gasteiger partial charge in [0, 0.05) is 22.5 Å². The highest BCUT2D eigenvalue weighted by Crippen LogP contribution is 2.34. The van der Waals surface area contributed by atoms with Crippen LogP contribution in [-0.4, -0.2) is 24.8 Å². The molecule has 1 aromatic rings. The van der Waals surface area contributed by atoms with Gasteiger partial charge in [-0.05, 0) is 35.0 Å². The summed E-state index contributed by atoms with van der Waals surface area (Å²) in [5.41, 5.74) is 5.67. The lowest BCUT2D eigenvalue weighted by Crippen LogP contribution is -2.28. The molecule has 3 nitrogen and oxygen atoms in total. The topological polar surface area (TPSA) is 58.3 Å². The van der Waals surface area contributed by atoms with Gasteiger partial charge in [-0.25, -0.2) is 0 Å². The van der Waals surface area contributed by atoms with Crippen LogP contribution in [0.5, 0.6) is 0 Å². The number of aliphatic hydroxyl groups excluding tert-OH is 1. The van der Waals surface area contributed by atoms with Crippen LogP contribution in [0, 0.1) is 0 Å². The minimum absolute atomic E-state index is 0.116. The van der Waals surface area contributed by atoms with E-state index in [1.165, 1.54) is 11.3 Å². The predicted octanol–water partition coefficient (Wildman–Crippen LogP) is 2.14. The predicted molar refractivity (Wildman–Crippen MR) is 68.5 cm³/mol. The van der Waals surface area contributed by atoms with Gasteiger partial charge in [0.05, 0.1) is 6.04 Å². The van der Waals surface area contributed by atoms with Gasteiger partial charge in [-0.15, -0.1) is 11.3 Å². The standard InChI is InChI=1S/C9H14BrClN2OS/c10-6-4-8(15-9(6)11)7(5-12)13-2-1-3-14/h4,7,13-14H,1-3,5,12H2. The van der Waals surface area contributed by atoms with E-state index in [4.69, 9.17) is 22.4 Å². The average Bonchev–Trinajstić information content (AvgIpc) is 2.54. The second kappa shape index (κ2) is 6.83. The summed E-state index contributed by atoms with van der Waals surface area (Å²) in [4.78, 5) is 1.12. The van der Waals surface area contributed by atoms with Crippen molar-refractivity contribution in [1.82, 2.24) is 5.32 Å². The molecule has 0 bridgehead atoms. The third kappa shape index (κ3) is 4.01. The maximum atomic E-state index is 8.67. The molecule has 0 amide bonds. The van der Waals surface area contributed by atoms with E-state index in [0.717, 1.165) is 26.7 Å². The zero-order chi connectivity index (χ0) is 11.3. The molecule has 0 radical (unpaired) electrons. The van der Waals surface area contributed by atoms with Crippen molar-refractivity contribution in [2.45, 2.75) is 12.5 Å². The first-order valence-electron chi connectivity index (χ1n) is 4.68. The second-order valence-electron chi connectivity index (χ2n) is 3.09. The van der Waals surface area contributed by atoms with Crippen LogP contribution >= 0.6 is 38.9 Å². The van der Waals surface area contributed by atoms with Crippen LogP contribution in [0.25, 0.3) is 0 Å². The summed E-state index contributed by atoms with van der Waals surface area (Å²) in [5.74, 6) is 0. The molecule has 0 fully saturated rings. The molecule has 1 heterocycles. The Labute approximate surface area is 107 Å². The van der Waals surface area contributed by atoms with Gasteiger partial charge in [0.25, 0.3) is 0 Å². The van der Waals surface area contributed by atoms with E-state index in [0.29, 0.717) is 6.54 Å². The largest absolute Gasteiger partial charge is 0.396 e. The van der Waals surface area contributed by atoms with Crippen molar-refractivity contribution >= 4 is 38.9 Å². The Morgan fingerprint density at radius 2 is 2.40 bits per heavy atom. The summed E-state index contributed by atoms with van der Waals surface area (Å²) >= 11 is 10.8. The zero-order valence-electron chi connectivity index (χ0n) is 8.17. The first-order chi connectivity index (χ1) is 7.19. The van der Waals surface area contributed by atoms with E-state index in [-0.39, 0.29) is 12.6 Å². The number of halogens is 2. The summed E-state index contributed by atoms with van der Waals surface area (Å²) < 4.78 is 1.65. The number of nitrogens with two attached hydrogens (primary N) is 1. The minimum Gasteiger partial charge on any atom is -0.396 e. The van der Waals surface area contributed by atoms with Gasteiger partial charge in [-0.3, -0.25) is 0 Å². The van der Waals surface area contributed by atoms with Gasteiger partial charge in [-0.1, -0.05) is 11.6 Å². The van der Waals surface area contributed by atoms with E-state index in [1.807, 2.05) is 6.07 Å². The van der Waals surface area contributed by atoms with Crippen LogP contribution in [-0.2, 0) is 0 Å². The van der Waals surface area contributed by atoms with Crippen molar-refractivity contribution in [3.05, 3.63) is 19.8 Å². The van der Waals surface area contributed by atoms with Crippen molar-refractivity contribution < 1.29 is 5.11 Å². The third-order valence-electron chi connectivity index (χ3n) is 1.97. The highest BCUT2D eigenvalue weighted by Gasteiger charge is 2.13. The zero-order valence-corrected chi connectivity index (χ0v) is 11.3. The number of hydrogen-bond acceptors (Lipinski definition) is 4. The molecular formula is C9H14BrClN2OS. The highest BCUT2D eigenvalue weighted by atomic mass is 79.9. The molecule has 0 saturated heterocycles. The summed E-state index contributed by atoms with van der Waals surface area (Å²) in [7, 11) is 0. The number of aliphatic hydroxyl groups is 1. The first-order valence-corrected chi connectivity index (χ1v) is 6.66. The Hall–Kier alpha value is 0.350. The fourth-order valence-electron chi connectivity index (χ4n) is 1.19. The quantitative estimate of drug-likeness (QED) is 0.705. The van der Waals surface area contributed by atoms with Crippen LogP contribution in [0.2, 0.25) is 4.34 Å². The van der Waals surface area contributed by atoms with Crippen LogP contribution in [0.1, 0.15) is 17.3 Å². The van der Waals surface area contributed by atoms with E-state index >= 15 is 0 Å². The van der Waals surface area contributed by atoms with Crippen LogP contribution in [0.4, 0.5) is 0 Å². The van der Waals surface area contributed by atoms with Crippen LogP contribution < -0.4 is 11.1 Å². The van der Waals surface area contributed by atoms with Crippen LogP contribution in [0.15, 0.2) is 10.5 Å². The lowest BCUT2D eigenvalue weighted by molar-refractivity contribution is 0.283. The van der Waals surface area contributed by atoms with Gasteiger partial charge in [0.15, 0.2) is 0 Å². The number of nitrogens with one attached hydrogen (secondary N) is 1. The smallest absolute Gasteiger partial charge is 0.107 e. The average molecular weight is 314 g/mol. The van der Waals surface area contributed by atoms with E-state index in [2.05, 4.69) is 21.2 Å². The van der Waals surface area contributed by atoms with Crippen LogP contribution in [0.3, 0.4) is 0 Å². The van der Waals surface area contributed by atoms with E-state index in [1.54, 1.807) is 0 Å². The summed E-state index contributed by atoms with van der Waals surface area (Å²) in [6.07, 6.45) is 0.733. The van der Waals surface area contributed by atoms with Crippen molar-refractivity contribution in [1.29, 1.82) is 0 Å². The molecule has 6 heteroatoms. The molecule has 86 valence electrons. The lowest BCUT2D eigenvalue weighted by Gasteiger charge is -2.14. The monoisotopic (exact) mass is 312 g/mol. The SMILES string of the molecule is NCC(NCCCO)c1cc(Br)c(Cl)s1. The molecule has 1 aromatic heterocycles. The minimum atomic E-state index is 0.116. The van der Waals surface area contributed by atoms with Gasteiger partial charge >= 0.3 is 0 Å². The van der Waals surface area contributed by atoms with Crippen molar-refractivity contribution in [3.8, 4) is 0 Å². The second-order valence-corrected chi connectivity index (χ2v) is 5.63. The summed E-state index contributed by atoms with van der Waals surface area (Å²) in [6.45, 7) is 1.47. The Morgan fingerprint density at radius 3 is 2.87 bits per heavy atom. The Balaban J connectivity index is 2.57. The van der Waals surface area contributed by atoms with Gasteiger partial charge in [0.1, 0.15) is 4.34 Å². The fraction of sp³-hybridized carbons (Fsp3) is 0.556. The molecule has 0 spiro atoms. The van der Waals surface area contributed by atoms with Gasteiger partial charge in [0.2, 0.25) is 0 Å². The molecule has 1 unspecified atom stereocenters. The molecule has 0 aliphatic rings. The molecule has 0 aromatic carbocycles. The van der Waals surface area contributed by atoms with Crippen molar-refractivity contribution in [3.63, 3.8) is 0 Å². The molecule has 1 atom stereocenters. The summed E-state index contributed by atoms with van der Waals surface area (Å²) in [6, 6.07) is 2.10. The maximum absolute atomic E-state index is 8.67. The highest BCUT2D eigenvalue weighted by molar-refractivity contribution is 9.10. The van der Waals surface area contributed by atoms with E-state index < -0.39 is 0 Å². The van der Waals surface area contributed by atoms with Crippen molar-refractivity contribution in [2.24, 2.45) is 5.73 Å². The number of rotatable bonds is 6. The van der Waals surface area contributed by atoms with E-state index in [9.17, 15) is 0 Å². The third-order valence-corrected chi connectivity index (χ3v) is 4.56. The molecular weight excluding hydrogens is 300 g/mol. The lowest BCUT2D eigenvalue weighted by atomic mass is 10.2. The molecule has 0 aliphatic carbocycles. The normalized spacial score (nSPS) is 13.1.